The number of nitrogens with one attached hydrogen (secondary N) is 2. The summed E-state index contributed by atoms with van der Waals surface area (Å²) in [5.74, 6) is -0.412. The van der Waals surface area contributed by atoms with Crippen molar-refractivity contribution in [2.75, 3.05) is 29.9 Å². The third-order valence-corrected chi connectivity index (χ3v) is 6.42. The lowest BCUT2D eigenvalue weighted by atomic mass is 10.1. The predicted octanol–water partition coefficient (Wildman–Crippen LogP) is 3.42. The molecule has 1 fully saturated rings. The van der Waals surface area contributed by atoms with Gasteiger partial charge in [0, 0.05) is 54.8 Å². The first kappa shape index (κ1) is 25.2. The normalized spacial score (nSPS) is 15.1. The number of nitrogens with zero attached hydrogens (tertiary/aromatic N) is 3. The highest BCUT2D eigenvalue weighted by molar-refractivity contribution is 6.31. The van der Waals surface area contributed by atoms with Crippen molar-refractivity contribution in [1.82, 2.24) is 14.9 Å². The topological polar surface area (TPSA) is 106 Å². The van der Waals surface area contributed by atoms with E-state index in [0.29, 0.717) is 35.2 Å². The fraction of sp³-hybridized carbons (Fsp3) is 0.308. The van der Waals surface area contributed by atoms with E-state index in [2.05, 4.69) is 15.6 Å². The molecule has 3 aromatic rings. The molecule has 1 aromatic heterocycles. The van der Waals surface area contributed by atoms with E-state index in [-0.39, 0.29) is 36.7 Å². The van der Waals surface area contributed by atoms with E-state index >= 15 is 0 Å². The van der Waals surface area contributed by atoms with Crippen LogP contribution in [0.1, 0.15) is 18.4 Å². The number of amides is 3. The first-order valence-electron chi connectivity index (χ1n) is 11.7. The fourth-order valence-electron chi connectivity index (χ4n) is 3.97. The van der Waals surface area contributed by atoms with Gasteiger partial charge in [-0.05, 0) is 55.3 Å². The predicted molar refractivity (Wildman–Crippen MR) is 137 cm³/mol. The first-order chi connectivity index (χ1) is 17.4. The molecule has 0 unspecified atom stereocenters. The molecule has 3 amide bonds. The van der Waals surface area contributed by atoms with Crippen LogP contribution >= 0.6 is 11.6 Å². The number of rotatable bonds is 10. The van der Waals surface area contributed by atoms with E-state index in [1.807, 2.05) is 17.7 Å². The van der Waals surface area contributed by atoms with E-state index < -0.39 is 0 Å². The highest BCUT2D eigenvalue weighted by Gasteiger charge is 2.34. The maximum Gasteiger partial charge on any atom is 0.262 e. The zero-order chi connectivity index (χ0) is 25.5. The molecule has 2 heterocycles. The Hall–Kier alpha value is -3.85. The molecule has 1 atom stereocenters. The standard InChI is InChI=1S/C26H28ClN5O4/c1-18-22(27)4-2-5-23(18)30-24(33)16-36-21-8-6-20(7-9-21)32-15-19(14-25(32)34)26(35)29-10-3-12-31-13-11-28-17-31/h2,4-9,11,13,17,19H,3,10,12,14-16H2,1H3,(H,29,35)(H,30,33)/t19-/m1/s1. The molecule has 1 saturated heterocycles. The Kier molecular flexibility index (Phi) is 8.22. The highest BCUT2D eigenvalue weighted by Crippen LogP contribution is 2.27. The second-order valence-electron chi connectivity index (χ2n) is 8.59. The lowest BCUT2D eigenvalue weighted by molar-refractivity contribution is -0.126. The number of ether oxygens (including phenoxy) is 1. The van der Waals surface area contributed by atoms with Crippen molar-refractivity contribution in [3.05, 3.63) is 71.8 Å². The van der Waals surface area contributed by atoms with Crippen LogP contribution in [0.25, 0.3) is 0 Å². The monoisotopic (exact) mass is 509 g/mol. The number of carbonyl (C=O) groups excluding carboxylic acids is 3. The van der Waals surface area contributed by atoms with Crippen LogP contribution in [0.5, 0.6) is 5.75 Å². The maximum absolute atomic E-state index is 12.5. The van der Waals surface area contributed by atoms with E-state index in [0.717, 1.165) is 18.5 Å². The molecule has 0 spiro atoms. The van der Waals surface area contributed by atoms with E-state index in [1.54, 1.807) is 59.9 Å². The molecule has 10 heteroatoms. The Bertz CT molecular complexity index is 1210. The summed E-state index contributed by atoms with van der Waals surface area (Å²) in [6.07, 6.45) is 6.29. The molecule has 9 nitrogen and oxygen atoms in total. The third kappa shape index (κ3) is 6.42. The van der Waals surface area contributed by atoms with Crippen LogP contribution < -0.4 is 20.3 Å². The van der Waals surface area contributed by atoms with Crippen LogP contribution in [0.15, 0.2) is 61.2 Å². The van der Waals surface area contributed by atoms with Crippen LogP contribution in [0.4, 0.5) is 11.4 Å². The number of benzene rings is 2. The van der Waals surface area contributed by atoms with Gasteiger partial charge in [-0.2, -0.15) is 0 Å². The van der Waals surface area contributed by atoms with Gasteiger partial charge in [0.05, 0.1) is 12.2 Å². The Balaban J connectivity index is 1.23. The number of imidazole rings is 1. The third-order valence-electron chi connectivity index (χ3n) is 6.01. The molecule has 0 aliphatic carbocycles. The highest BCUT2D eigenvalue weighted by atomic mass is 35.5. The van der Waals surface area contributed by atoms with Gasteiger partial charge >= 0.3 is 0 Å². The van der Waals surface area contributed by atoms with E-state index in [4.69, 9.17) is 16.3 Å². The van der Waals surface area contributed by atoms with Gasteiger partial charge in [-0.15, -0.1) is 0 Å². The number of aromatic nitrogens is 2. The van der Waals surface area contributed by atoms with Crippen molar-refractivity contribution in [2.45, 2.75) is 26.3 Å². The molecule has 1 aliphatic rings. The van der Waals surface area contributed by atoms with E-state index in [9.17, 15) is 14.4 Å². The summed E-state index contributed by atoms with van der Waals surface area (Å²) >= 11 is 6.09. The van der Waals surface area contributed by atoms with Crippen molar-refractivity contribution in [3.8, 4) is 5.75 Å². The van der Waals surface area contributed by atoms with Crippen molar-refractivity contribution in [2.24, 2.45) is 5.92 Å². The summed E-state index contributed by atoms with van der Waals surface area (Å²) in [4.78, 5) is 42.9. The SMILES string of the molecule is Cc1c(Cl)cccc1NC(=O)COc1ccc(N2C[C@H](C(=O)NCCCn3ccnc3)CC2=O)cc1. The van der Waals surface area contributed by atoms with Gasteiger partial charge in [-0.3, -0.25) is 14.4 Å². The van der Waals surface area contributed by atoms with Gasteiger partial charge < -0.3 is 24.8 Å². The number of hydrogen-bond donors (Lipinski definition) is 2. The Morgan fingerprint density at radius 2 is 2.00 bits per heavy atom. The average Bonchev–Trinajstić information content (AvgIpc) is 3.53. The van der Waals surface area contributed by atoms with Gasteiger partial charge in [0.1, 0.15) is 5.75 Å². The van der Waals surface area contributed by atoms with Crippen LogP contribution in [0.2, 0.25) is 5.02 Å². The summed E-state index contributed by atoms with van der Waals surface area (Å²) in [5, 5.41) is 6.28. The van der Waals surface area contributed by atoms with Crippen molar-refractivity contribution < 1.29 is 19.1 Å². The molecule has 0 radical (unpaired) electrons. The van der Waals surface area contributed by atoms with Crippen molar-refractivity contribution >= 4 is 40.7 Å². The number of anilines is 2. The maximum atomic E-state index is 12.5. The minimum Gasteiger partial charge on any atom is -0.484 e. The molecule has 2 aromatic carbocycles. The molecule has 36 heavy (non-hydrogen) atoms. The van der Waals surface area contributed by atoms with Gasteiger partial charge in [0.15, 0.2) is 6.61 Å². The van der Waals surface area contributed by atoms with Crippen molar-refractivity contribution in [1.29, 1.82) is 0 Å². The summed E-state index contributed by atoms with van der Waals surface area (Å²) < 4.78 is 7.53. The molecular weight excluding hydrogens is 482 g/mol. The van der Waals surface area contributed by atoms with Gasteiger partial charge in [-0.25, -0.2) is 4.98 Å². The lowest BCUT2D eigenvalue weighted by Crippen LogP contribution is -2.33. The Morgan fingerprint density at radius 1 is 1.19 bits per heavy atom. The van der Waals surface area contributed by atoms with Crippen molar-refractivity contribution in [3.63, 3.8) is 0 Å². The Morgan fingerprint density at radius 3 is 2.75 bits per heavy atom. The number of aryl methyl sites for hydroxylation is 1. The van der Waals surface area contributed by atoms with Crippen LogP contribution in [0, 0.1) is 12.8 Å². The number of halogens is 1. The second-order valence-corrected chi connectivity index (χ2v) is 9.00. The summed E-state index contributed by atoms with van der Waals surface area (Å²) in [7, 11) is 0. The van der Waals surface area contributed by atoms with Gasteiger partial charge in [0.25, 0.3) is 5.91 Å². The lowest BCUT2D eigenvalue weighted by Gasteiger charge is -2.17. The Labute approximate surface area is 214 Å². The largest absolute Gasteiger partial charge is 0.484 e. The van der Waals surface area contributed by atoms with Gasteiger partial charge in [0.2, 0.25) is 11.8 Å². The summed E-state index contributed by atoms with van der Waals surface area (Å²) in [6.45, 7) is 3.30. The van der Waals surface area contributed by atoms with Crippen LogP contribution in [-0.2, 0) is 20.9 Å². The molecule has 2 N–H and O–H groups in total. The first-order valence-corrected chi connectivity index (χ1v) is 12.1. The second kappa shape index (κ2) is 11.7. The average molecular weight is 510 g/mol. The summed E-state index contributed by atoms with van der Waals surface area (Å²) in [5.41, 5.74) is 2.10. The fourth-order valence-corrected chi connectivity index (χ4v) is 4.14. The molecular formula is C26H28ClN5O4. The van der Waals surface area contributed by atoms with Crippen LogP contribution in [-0.4, -0.2) is 47.0 Å². The zero-order valence-electron chi connectivity index (χ0n) is 19.9. The smallest absolute Gasteiger partial charge is 0.262 e. The number of hydrogen-bond acceptors (Lipinski definition) is 5. The van der Waals surface area contributed by atoms with E-state index in [1.165, 1.54) is 0 Å². The molecule has 188 valence electrons. The quantitative estimate of drug-likeness (QED) is 0.407. The molecule has 0 bridgehead atoms. The van der Waals surface area contributed by atoms with Crippen LogP contribution in [0.3, 0.4) is 0 Å². The molecule has 4 rings (SSSR count). The molecule has 1 aliphatic heterocycles. The minimum absolute atomic E-state index is 0.0986. The number of carbonyl (C=O) groups is 3. The molecule has 0 saturated carbocycles. The summed E-state index contributed by atoms with van der Waals surface area (Å²) in [6, 6.07) is 12.2. The minimum atomic E-state index is -0.389. The zero-order valence-corrected chi connectivity index (χ0v) is 20.7. The van der Waals surface area contributed by atoms with Gasteiger partial charge in [-0.1, -0.05) is 17.7 Å².